The number of aromatic nitrogens is 4. The molecule has 4 heteroatoms. The fourth-order valence-corrected chi connectivity index (χ4v) is 8.38. The average molecular weight is 727 g/mol. The van der Waals surface area contributed by atoms with Gasteiger partial charge in [0.05, 0.1) is 33.6 Å². The first-order chi connectivity index (χ1) is 28.3. The number of pyridine rings is 1. The zero-order chi connectivity index (χ0) is 37.7. The van der Waals surface area contributed by atoms with Crippen LogP contribution < -0.4 is 0 Å². The van der Waals surface area contributed by atoms with E-state index in [9.17, 15) is 0 Å². The Bertz CT molecular complexity index is 3190. The largest absolute Gasteiger partial charge is 0.309 e. The Labute approximate surface area is 330 Å². The second-order valence-corrected chi connectivity index (χ2v) is 14.4. The van der Waals surface area contributed by atoms with Gasteiger partial charge in [0.15, 0.2) is 5.82 Å². The molecule has 3 heterocycles. The van der Waals surface area contributed by atoms with Crippen LogP contribution in [-0.2, 0) is 0 Å². The molecule has 0 saturated carbocycles. The van der Waals surface area contributed by atoms with E-state index in [2.05, 4.69) is 174 Å². The van der Waals surface area contributed by atoms with Crippen molar-refractivity contribution in [1.82, 2.24) is 19.5 Å². The summed E-state index contributed by atoms with van der Waals surface area (Å²) in [6.07, 6.45) is 0. The van der Waals surface area contributed by atoms with Crippen LogP contribution in [0.2, 0.25) is 0 Å². The molecule has 8 aromatic carbocycles. The molecule has 4 nitrogen and oxygen atoms in total. The number of fused-ring (bicyclic) bond motifs is 7. The maximum absolute atomic E-state index is 5.26. The van der Waals surface area contributed by atoms with Gasteiger partial charge in [0.25, 0.3) is 0 Å². The summed E-state index contributed by atoms with van der Waals surface area (Å²) in [5.74, 6) is 0.696. The molecule has 11 aromatic rings. The van der Waals surface area contributed by atoms with Gasteiger partial charge in [0.2, 0.25) is 0 Å². The zero-order valence-corrected chi connectivity index (χ0v) is 30.9. The van der Waals surface area contributed by atoms with Crippen molar-refractivity contribution in [2.75, 3.05) is 0 Å². The van der Waals surface area contributed by atoms with Crippen LogP contribution in [0.5, 0.6) is 0 Å². The summed E-state index contributed by atoms with van der Waals surface area (Å²) in [5.41, 5.74) is 13.7. The lowest BCUT2D eigenvalue weighted by molar-refractivity contribution is 1.18. The molecule has 0 unspecified atom stereocenters. The Kier molecular flexibility index (Phi) is 7.78. The smallest absolute Gasteiger partial charge is 0.160 e. The molecule has 57 heavy (non-hydrogen) atoms. The molecule has 0 aliphatic carbocycles. The predicted octanol–water partition coefficient (Wildman–Crippen LogP) is 13.6. The summed E-state index contributed by atoms with van der Waals surface area (Å²) in [7, 11) is 0. The van der Waals surface area contributed by atoms with Gasteiger partial charge >= 0.3 is 0 Å². The van der Waals surface area contributed by atoms with Crippen molar-refractivity contribution in [3.05, 3.63) is 206 Å². The van der Waals surface area contributed by atoms with Crippen LogP contribution in [0, 0.1) is 0 Å². The van der Waals surface area contributed by atoms with Crippen molar-refractivity contribution in [2.24, 2.45) is 0 Å². The third kappa shape index (κ3) is 5.58. The van der Waals surface area contributed by atoms with Gasteiger partial charge in [0.1, 0.15) is 0 Å². The molecule has 0 atom stereocenters. The topological polar surface area (TPSA) is 43.6 Å². The normalized spacial score (nSPS) is 11.5. The molecule has 0 aliphatic heterocycles. The maximum atomic E-state index is 5.26. The van der Waals surface area contributed by atoms with Gasteiger partial charge in [-0.15, -0.1) is 0 Å². The fraction of sp³-hybridized carbons (Fsp3) is 0. The molecule has 0 N–H and O–H groups in total. The predicted molar refractivity (Wildman–Crippen MR) is 236 cm³/mol. The minimum absolute atomic E-state index is 0.696. The Balaban J connectivity index is 1.14. The minimum atomic E-state index is 0.696. The first kappa shape index (κ1) is 32.7. The van der Waals surface area contributed by atoms with Crippen molar-refractivity contribution in [3.8, 4) is 62.0 Å². The standard InChI is InChI=1S/C53H34N4/c1-5-16-36(17-6-1)46-34-47(37-18-7-2-8-19-37)56-53(55-46)39-30-28-35(29-31-39)41-25-15-27-48-49(41)44-33-32-43-50(52(44)57(48)40-22-11-4-12-23-40)42-24-13-14-26-45(42)54-51(43)38-20-9-3-10-21-38/h1-34H. The van der Waals surface area contributed by atoms with Crippen molar-refractivity contribution < 1.29 is 0 Å². The molecule has 3 aromatic heterocycles. The van der Waals surface area contributed by atoms with Crippen LogP contribution in [0.1, 0.15) is 0 Å². The van der Waals surface area contributed by atoms with Gasteiger partial charge in [0, 0.05) is 54.9 Å². The Morgan fingerprint density at radius 3 is 1.58 bits per heavy atom. The van der Waals surface area contributed by atoms with Crippen LogP contribution in [0.4, 0.5) is 0 Å². The third-order valence-electron chi connectivity index (χ3n) is 11.0. The first-order valence-electron chi connectivity index (χ1n) is 19.3. The number of para-hydroxylation sites is 2. The molecule has 266 valence electrons. The Morgan fingerprint density at radius 1 is 0.351 bits per heavy atom. The summed E-state index contributed by atoms with van der Waals surface area (Å²) in [4.78, 5) is 15.4. The Hall–Kier alpha value is -7.69. The average Bonchev–Trinajstić information content (AvgIpc) is 3.64. The number of hydrogen-bond acceptors (Lipinski definition) is 3. The molecule has 0 aliphatic rings. The highest BCUT2D eigenvalue weighted by atomic mass is 15.0. The fourth-order valence-electron chi connectivity index (χ4n) is 8.38. The SMILES string of the molecule is c1ccc(-c2cc(-c3ccccc3)nc(-c3ccc(-c4cccc5c4c4ccc6c(-c7ccccc7)nc7ccccc7c6c4n5-c4ccccc4)cc3)n2)cc1. The van der Waals surface area contributed by atoms with Gasteiger partial charge in [-0.3, -0.25) is 0 Å². The lowest BCUT2D eigenvalue weighted by atomic mass is 9.95. The molecule has 11 rings (SSSR count). The zero-order valence-electron chi connectivity index (χ0n) is 30.9. The monoisotopic (exact) mass is 726 g/mol. The Morgan fingerprint density at radius 2 is 0.912 bits per heavy atom. The maximum Gasteiger partial charge on any atom is 0.160 e. The highest BCUT2D eigenvalue weighted by Gasteiger charge is 2.22. The van der Waals surface area contributed by atoms with Crippen LogP contribution >= 0.6 is 0 Å². The second kappa shape index (κ2) is 13.6. The van der Waals surface area contributed by atoms with E-state index in [0.29, 0.717) is 5.82 Å². The first-order valence-corrected chi connectivity index (χ1v) is 19.3. The molecule has 0 bridgehead atoms. The van der Waals surface area contributed by atoms with E-state index in [1.54, 1.807) is 0 Å². The van der Waals surface area contributed by atoms with Crippen LogP contribution in [0.3, 0.4) is 0 Å². The van der Waals surface area contributed by atoms with Gasteiger partial charge in [-0.25, -0.2) is 15.0 Å². The second-order valence-electron chi connectivity index (χ2n) is 14.4. The van der Waals surface area contributed by atoms with Crippen molar-refractivity contribution >= 4 is 43.5 Å². The van der Waals surface area contributed by atoms with E-state index in [4.69, 9.17) is 15.0 Å². The molecule has 0 amide bonds. The van der Waals surface area contributed by atoms with E-state index in [0.717, 1.165) is 72.4 Å². The van der Waals surface area contributed by atoms with Crippen molar-refractivity contribution in [3.63, 3.8) is 0 Å². The quantitative estimate of drug-likeness (QED) is 0.160. The van der Waals surface area contributed by atoms with Crippen molar-refractivity contribution in [2.45, 2.75) is 0 Å². The van der Waals surface area contributed by atoms with E-state index in [-0.39, 0.29) is 0 Å². The number of benzene rings is 8. The third-order valence-corrected chi connectivity index (χ3v) is 11.0. The van der Waals surface area contributed by atoms with Gasteiger partial charge in [-0.05, 0) is 41.5 Å². The molecule has 0 radical (unpaired) electrons. The molecule has 0 spiro atoms. The summed E-state index contributed by atoms with van der Waals surface area (Å²) in [5, 5.41) is 5.87. The van der Waals surface area contributed by atoms with Gasteiger partial charge in [-0.2, -0.15) is 0 Å². The highest BCUT2D eigenvalue weighted by Crippen LogP contribution is 2.45. The van der Waals surface area contributed by atoms with Crippen LogP contribution in [0.15, 0.2) is 206 Å². The molecule has 0 saturated heterocycles. The molecule has 0 fully saturated rings. The lowest BCUT2D eigenvalue weighted by Gasteiger charge is -2.14. The van der Waals surface area contributed by atoms with E-state index in [1.807, 2.05) is 36.4 Å². The van der Waals surface area contributed by atoms with E-state index >= 15 is 0 Å². The van der Waals surface area contributed by atoms with Crippen LogP contribution in [0.25, 0.3) is 105 Å². The van der Waals surface area contributed by atoms with Gasteiger partial charge in [-0.1, -0.05) is 176 Å². The van der Waals surface area contributed by atoms with E-state index in [1.165, 1.54) is 27.2 Å². The lowest BCUT2D eigenvalue weighted by Crippen LogP contribution is -1.96. The van der Waals surface area contributed by atoms with Crippen LogP contribution in [-0.4, -0.2) is 19.5 Å². The summed E-state index contributed by atoms with van der Waals surface area (Å²) < 4.78 is 2.44. The number of rotatable bonds is 6. The summed E-state index contributed by atoms with van der Waals surface area (Å²) in [6.45, 7) is 0. The molecular weight excluding hydrogens is 693 g/mol. The number of nitrogens with zero attached hydrogens (tertiary/aromatic N) is 4. The minimum Gasteiger partial charge on any atom is -0.309 e. The van der Waals surface area contributed by atoms with E-state index < -0.39 is 0 Å². The van der Waals surface area contributed by atoms with Crippen molar-refractivity contribution in [1.29, 1.82) is 0 Å². The summed E-state index contributed by atoms with van der Waals surface area (Å²) in [6, 6.07) is 72.5. The summed E-state index contributed by atoms with van der Waals surface area (Å²) >= 11 is 0. The highest BCUT2D eigenvalue weighted by molar-refractivity contribution is 6.28. The number of hydrogen-bond donors (Lipinski definition) is 0. The molecular formula is C53H34N4. The van der Waals surface area contributed by atoms with Gasteiger partial charge < -0.3 is 4.57 Å².